The molecule has 0 radical (unpaired) electrons. The predicted molar refractivity (Wildman–Crippen MR) is 172 cm³/mol. The molecule has 0 saturated heterocycles. The molecule has 0 bridgehead atoms. The number of carbonyl (C=O) groups is 2. The first-order valence-electron chi connectivity index (χ1n) is 14.9. The Hall–Kier alpha value is -3.63. The minimum absolute atomic E-state index is 0.126. The molecule has 228 valence electrons. The van der Waals surface area contributed by atoms with Gasteiger partial charge in [-0.05, 0) is 55.3 Å². The van der Waals surface area contributed by atoms with Crippen LogP contribution in [0, 0.1) is 0 Å². The number of benzene rings is 3. The van der Waals surface area contributed by atoms with Gasteiger partial charge in [0.05, 0.1) is 30.0 Å². The molecule has 1 aliphatic heterocycles. The number of unbranched alkanes of at least 4 members (excludes halogenated alkanes) is 5. The summed E-state index contributed by atoms with van der Waals surface area (Å²) in [5.41, 5.74) is 1.08. The van der Waals surface area contributed by atoms with Gasteiger partial charge in [-0.15, -0.1) is 0 Å². The fourth-order valence-corrected chi connectivity index (χ4v) is 7.30. The van der Waals surface area contributed by atoms with Crippen molar-refractivity contribution in [3.63, 3.8) is 0 Å². The molecule has 10 heteroatoms. The SMILES string of the molecule is CCCCCCCCOC(=O)c1ccc(Sc2ccccc2)c(NC(=O)CC2=Nc3ccccc3S(=O)(=O)N2CCC)c1. The van der Waals surface area contributed by atoms with E-state index < -0.39 is 21.9 Å². The molecule has 1 N–H and O–H groups in total. The summed E-state index contributed by atoms with van der Waals surface area (Å²) >= 11 is 1.45. The molecule has 0 aromatic heterocycles. The van der Waals surface area contributed by atoms with Crippen LogP contribution in [-0.2, 0) is 19.6 Å². The summed E-state index contributed by atoms with van der Waals surface area (Å²) in [5, 5.41) is 2.91. The Morgan fingerprint density at radius 1 is 0.884 bits per heavy atom. The number of hydrogen-bond donors (Lipinski definition) is 1. The van der Waals surface area contributed by atoms with E-state index in [0.29, 0.717) is 30.0 Å². The Morgan fingerprint density at radius 3 is 2.37 bits per heavy atom. The van der Waals surface area contributed by atoms with E-state index in [9.17, 15) is 18.0 Å². The molecule has 0 atom stereocenters. The molecule has 0 aliphatic carbocycles. The summed E-state index contributed by atoms with van der Waals surface area (Å²) in [4.78, 5) is 32.7. The van der Waals surface area contributed by atoms with Crippen molar-refractivity contribution in [2.24, 2.45) is 4.99 Å². The number of nitrogens with one attached hydrogen (secondary N) is 1. The van der Waals surface area contributed by atoms with Gasteiger partial charge < -0.3 is 10.1 Å². The third-order valence-corrected chi connectivity index (χ3v) is 9.87. The normalized spacial score (nSPS) is 13.6. The van der Waals surface area contributed by atoms with Crippen LogP contribution in [0.4, 0.5) is 11.4 Å². The summed E-state index contributed by atoms with van der Waals surface area (Å²) in [6.07, 6.45) is 6.84. The lowest BCUT2D eigenvalue weighted by Gasteiger charge is -2.29. The van der Waals surface area contributed by atoms with Crippen LogP contribution in [0.5, 0.6) is 0 Å². The molecule has 0 unspecified atom stereocenters. The van der Waals surface area contributed by atoms with Gasteiger partial charge in [0.25, 0.3) is 10.0 Å². The topological polar surface area (TPSA) is 105 Å². The molecule has 4 rings (SSSR count). The van der Waals surface area contributed by atoms with Gasteiger partial charge in [-0.2, -0.15) is 0 Å². The number of amides is 1. The molecule has 8 nitrogen and oxygen atoms in total. The number of ether oxygens (including phenoxy) is 1. The van der Waals surface area contributed by atoms with Crippen molar-refractivity contribution < 1.29 is 22.7 Å². The Kier molecular flexibility index (Phi) is 11.8. The number of fused-ring (bicyclic) bond motifs is 1. The van der Waals surface area contributed by atoms with Crippen LogP contribution in [0.15, 0.2) is 92.5 Å². The van der Waals surface area contributed by atoms with E-state index in [1.54, 1.807) is 36.4 Å². The van der Waals surface area contributed by atoms with Gasteiger partial charge in [0.2, 0.25) is 5.91 Å². The minimum Gasteiger partial charge on any atom is -0.462 e. The number of para-hydroxylation sites is 1. The van der Waals surface area contributed by atoms with Crippen molar-refractivity contribution in [1.82, 2.24) is 4.31 Å². The Balaban J connectivity index is 1.52. The van der Waals surface area contributed by atoms with Gasteiger partial charge in [-0.1, -0.05) is 88.0 Å². The molecule has 0 saturated carbocycles. The second-order valence-electron chi connectivity index (χ2n) is 10.3. The average molecular weight is 622 g/mol. The van der Waals surface area contributed by atoms with Crippen LogP contribution in [-0.4, -0.2) is 43.6 Å². The predicted octanol–water partition coefficient (Wildman–Crippen LogP) is 7.83. The minimum atomic E-state index is -3.84. The summed E-state index contributed by atoms with van der Waals surface area (Å²) in [6.45, 7) is 4.60. The highest BCUT2D eigenvalue weighted by Crippen LogP contribution is 2.36. The number of hydrogen-bond acceptors (Lipinski definition) is 7. The first-order chi connectivity index (χ1) is 20.8. The van der Waals surface area contributed by atoms with Crippen LogP contribution in [0.2, 0.25) is 0 Å². The smallest absolute Gasteiger partial charge is 0.338 e. The standard InChI is InChI=1S/C33H39N3O5S2/c1-3-5-6-7-8-14-22-41-33(38)25-19-20-29(42-26-15-10-9-11-16-26)28(23-25)35-32(37)24-31-34-27-17-12-13-18-30(27)43(39,40)36(31)21-4-2/h9-13,15-20,23H,3-8,14,21-22,24H2,1-2H3,(H,35,37). The van der Waals surface area contributed by atoms with Gasteiger partial charge in [0.1, 0.15) is 10.7 Å². The Morgan fingerprint density at radius 2 is 1.60 bits per heavy atom. The van der Waals surface area contributed by atoms with Gasteiger partial charge in [-0.3, -0.25) is 9.10 Å². The van der Waals surface area contributed by atoms with E-state index in [4.69, 9.17) is 4.74 Å². The second kappa shape index (κ2) is 15.7. The summed E-state index contributed by atoms with van der Waals surface area (Å²) in [7, 11) is -3.84. The number of sulfonamides is 1. The van der Waals surface area contributed by atoms with E-state index in [2.05, 4.69) is 17.2 Å². The van der Waals surface area contributed by atoms with Crippen molar-refractivity contribution in [3.05, 3.63) is 78.4 Å². The number of aliphatic imine (C=N–C) groups is 1. The maximum absolute atomic E-state index is 13.4. The van der Waals surface area contributed by atoms with Crippen molar-refractivity contribution in [2.45, 2.75) is 79.9 Å². The number of anilines is 1. The first-order valence-corrected chi connectivity index (χ1v) is 17.1. The Labute approximate surface area is 259 Å². The molecule has 3 aromatic rings. The number of amidine groups is 1. The zero-order valence-electron chi connectivity index (χ0n) is 24.8. The molecule has 43 heavy (non-hydrogen) atoms. The van der Waals surface area contributed by atoms with Gasteiger partial charge >= 0.3 is 5.97 Å². The second-order valence-corrected chi connectivity index (χ2v) is 13.3. The highest BCUT2D eigenvalue weighted by molar-refractivity contribution is 7.99. The lowest BCUT2D eigenvalue weighted by Crippen LogP contribution is -2.41. The van der Waals surface area contributed by atoms with Crippen LogP contribution < -0.4 is 5.32 Å². The van der Waals surface area contributed by atoms with Crippen molar-refractivity contribution in [2.75, 3.05) is 18.5 Å². The molecule has 0 fully saturated rings. The van der Waals surface area contributed by atoms with Gasteiger partial charge in [-0.25, -0.2) is 18.2 Å². The molecule has 1 amide bonds. The van der Waals surface area contributed by atoms with Crippen LogP contribution >= 0.6 is 11.8 Å². The first kappa shape index (κ1) is 32.3. The van der Waals surface area contributed by atoms with E-state index in [1.165, 1.54) is 41.4 Å². The quantitative estimate of drug-likeness (QED) is 0.137. The van der Waals surface area contributed by atoms with Gasteiger partial charge in [0.15, 0.2) is 0 Å². The number of nitrogens with zero attached hydrogens (tertiary/aromatic N) is 2. The van der Waals surface area contributed by atoms with E-state index >= 15 is 0 Å². The van der Waals surface area contributed by atoms with E-state index in [1.807, 2.05) is 37.3 Å². The number of esters is 1. The highest BCUT2D eigenvalue weighted by atomic mass is 32.2. The molecular weight excluding hydrogens is 583 g/mol. The molecule has 1 heterocycles. The van der Waals surface area contributed by atoms with Crippen molar-refractivity contribution in [1.29, 1.82) is 0 Å². The van der Waals surface area contributed by atoms with Crippen molar-refractivity contribution >= 4 is 50.9 Å². The maximum atomic E-state index is 13.4. The maximum Gasteiger partial charge on any atom is 0.338 e. The number of carbonyl (C=O) groups excluding carboxylic acids is 2. The van der Waals surface area contributed by atoms with Gasteiger partial charge in [0, 0.05) is 16.3 Å². The fourth-order valence-electron chi connectivity index (χ4n) is 4.73. The van der Waals surface area contributed by atoms with E-state index in [-0.39, 0.29) is 23.7 Å². The van der Waals surface area contributed by atoms with Crippen LogP contribution in [0.3, 0.4) is 0 Å². The summed E-state index contributed by atoms with van der Waals surface area (Å²) < 4.78 is 33.4. The molecular formula is C33H39N3O5S2. The third kappa shape index (κ3) is 8.70. The monoisotopic (exact) mass is 621 g/mol. The third-order valence-electron chi connectivity index (χ3n) is 6.91. The molecule has 0 spiro atoms. The fraction of sp³-hybridized carbons (Fsp3) is 0.364. The lowest BCUT2D eigenvalue weighted by molar-refractivity contribution is -0.115. The Bertz CT molecular complexity index is 1540. The van der Waals surface area contributed by atoms with Crippen LogP contribution in [0.25, 0.3) is 0 Å². The zero-order chi connectivity index (χ0) is 30.7. The summed E-state index contributed by atoms with van der Waals surface area (Å²) in [5.74, 6) is -0.736. The van der Waals surface area contributed by atoms with Crippen LogP contribution in [0.1, 0.15) is 75.6 Å². The lowest BCUT2D eigenvalue weighted by atomic mass is 10.1. The average Bonchev–Trinajstić information content (AvgIpc) is 3.00. The highest BCUT2D eigenvalue weighted by Gasteiger charge is 2.34. The van der Waals surface area contributed by atoms with E-state index in [0.717, 1.165) is 29.1 Å². The van der Waals surface area contributed by atoms with Crippen molar-refractivity contribution in [3.8, 4) is 0 Å². The number of rotatable bonds is 15. The molecule has 1 aliphatic rings. The summed E-state index contributed by atoms with van der Waals surface area (Å²) in [6, 6.07) is 21.3. The zero-order valence-corrected chi connectivity index (χ0v) is 26.4. The molecule has 3 aromatic carbocycles. The largest absolute Gasteiger partial charge is 0.462 e.